The lowest BCUT2D eigenvalue weighted by Crippen LogP contribution is -2.41. The number of amides is 1. The summed E-state index contributed by atoms with van der Waals surface area (Å²) in [5.41, 5.74) is 4.04. The summed E-state index contributed by atoms with van der Waals surface area (Å²) < 4.78 is 5.31. The van der Waals surface area contributed by atoms with E-state index in [1.165, 1.54) is 30.4 Å². The molecule has 0 bridgehead atoms. The van der Waals surface area contributed by atoms with E-state index in [0.29, 0.717) is 6.42 Å². The molecule has 0 aromatic heterocycles. The molecule has 0 saturated carbocycles. The van der Waals surface area contributed by atoms with Gasteiger partial charge in [-0.05, 0) is 36.0 Å². The van der Waals surface area contributed by atoms with Crippen LogP contribution in [-0.2, 0) is 28.8 Å². The van der Waals surface area contributed by atoms with Gasteiger partial charge in [0.1, 0.15) is 0 Å². The van der Waals surface area contributed by atoms with E-state index >= 15 is 0 Å². The van der Waals surface area contributed by atoms with Crippen LogP contribution < -0.4 is 5.32 Å². The Morgan fingerprint density at radius 3 is 2.86 bits per heavy atom. The highest BCUT2D eigenvalue weighted by molar-refractivity contribution is 5.78. The average molecular weight is 288 g/mol. The number of carbonyl (C=O) groups is 1. The number of carbonyl (C=O) groups excluding carboxylic acids is 1. The topological polar surface area (TPSA) is 41.6 Å². The monoisotopic (exact) mass is 288 g/mol. The van der Waals surface area contributed by atoms with Crippen LogP contribution in [0.2, 0.25) is 0 Å². The molecule has 1 aliphatic heterocycles. The summed E-state index contributed by atoms with van der Waals surface area (Å²) in [7, 11) is 0. The lowest BCUT2D eigenvalue weighted by molar-refractivity contribution is -0.120. The van der Waals surface area contributed by atoms with E-state index in [1.54, 1.807) is 0 Å². The van der Waals surface area contributed by atoms with Crippen molar-refractivity contribution in [1.29, 1.82) is 0 Å². The third-order valence-corrected chi connectivity index (χ3v) is 4.38. The number of benzene rings is 1. The molecule has 0 unspecified atom stereocenters. The second kappa shape index (κ2) is 7.05. The van der Waals surface area contributed by atoms with E-state index in [4.69, 9.17) is 4.74 Å². The van der Waals surface area contributed by atoms with E-state index in [-0.39, 0.29) is 5.91 Å². The van der Waals surface area contributed by atoms with Gasteiger partial charge in [-0.1, -0.05) is 18.2 Å². The highest BCUT2D eigenvalue weighted by Crippen LogP contribution is 2.22. The smallest absolute Gasteiger partial charge is 0.224 e. The molecule has 4 nitrogen and oxygen atoms in total. The molecule has 3 rings (SSSR count). The van der Waals surface area contributed by atoms with Crippen LogP contribution in [0.1, 0.15) is 23.1 Å². The van der Waals surface area contributed by atoms with Crippen molar-refractivity contribution in [1.82, 2.24) is 10.2 Å². The van der Waals surface area contributed by atoms with Crippen molar-refractivity contribution in [3.8, 4) is 0 Å². The minimum Gasteiger partial charge on any atom is -0.379 e. The van der Waals surface area contributed by atoms with Gasteiger partial charge in [0.2, 0.25) is 5.91 Å². The molecule has 4 heteroatoms. The number of hydrogen-bond donors (Lipinski definition) is 1. The Morgan fingerprint density at radius 2 is 2.00 bits per heavy atom. The fourth-order valence-corrected chi connectivity index (χ4v) is 3.16. The van der Waals surface area contributed by atoms with Crippen LogP contribution in [0, 0.1) is 0 Å². The van der Waals surface area contributed by atoms with E-state index in [2.05, 4.69) is 28.4 Å². The molecule has 2 aliphatic rings. The molecule has 1 aliphatic carbocycles. The quantitative estimate of drug-likeness (QED) is 0.884. The molecule has 21 heavy (non-hydrogen) atoms. The van der Waals surface area contributed by atoms with E-state index in [0.717, 1.165) is 45.0 Å². The molecule has 1 aromatic carbocycles. The lowest BCUT2D eigenvalue weighted by atomic mass is 10.0. The Bertz CT molecular complexity index is 496. The number of aryl methyl sites for hydroxylation is 2. The normalized spacial score (nSPS) is 18.5. The second-order valence-electron chi connectivity index (χ2n) is 5.94. The first kappa shape index (κ1) is 14.5. The van der Waals surface area contributed by atoms with Crippen molar-refractivity contribution in [2.45, 2.75) is 25.7 Å². The molecule has 0 spiro atoms. The summed E-state index contributed by atoms with van der Waals surface area (Å²) in [5.74, 6) is 0.126. The first-order valence-electron chi connectivity index (χ1n) is 7.99. The van der Waals surface area contributed by atoms with Gasteiger partial charge in [-0.2, -0.15) is 0 Å². The highest BCUT2D eigenvalue weighted by Gasteiger charge is 2.13. The predicted octanol–water partition coefficient (Wildman–Crippen LogP) is 1.17. The van der Waals surface area contributed by atoms with Gasteiger partial charge in [0.05, 0.1) is 19.6 Å². The minimum atomic E-state index is 0.126. The van der Waals surface area contributed by atoms with Crippen molar-refractivity contribution in [2.24, 2.45) is 0 Å². The maximum absolute atomic E-state index is 12.0. The second-order valence-corrected chi connectivity index (χ2v) is 5.94. The minimum absolute atomic E-state index is 0.126. The number of fused-ring (bicyclic) bond motifs is 1. The summed E-state index contributed by atoms with van der Waals surface area (Å²) in [6.07, 6.45) is 4.12. The molecule has 0 atom stereocenters. The van der Waals surface area contributed by atoms with Crippen LogP contribution in [0.3, 0.4) is 0 Å². The number of nitrogens with one attached hydrogen (secondary N) is 1. The molecular formula is C17H24N2O2. The number of hydrogen-bond acceptors (Lipinski definition) is 3. The Morgan fingerprint density at radius 1 is 1.19 bits per heavy atom. The zero-order valence-electron chi connectivity index (χ0n) is 12.6. The maximum Gasteiger partial charge on any atom is 0.224 e. The van der Waals surface area contributed by atoms with Crippen molar-refractivity contribution in [3.05, 3.63) is 34.9 Å². The third kappa shape index (κ3) is 4.05. The number of rotatable bonds is 5. The van der Waals surface area contributed by atoms with Crippen LogP contribution in [-0.4, -0.2) is 50.2 Å². The van der Waals surface area contributed by atoms with Crippen LogP contribution in [0.15, 0.2) is 18.2 Å². The van der Waals surface area contributed by atoms with Gasteiger partial charge in [0.25, 0.3) is 0 Å². The van der Waals surface area contributed by atoms with Crippen molar-refractivity contribution in [3.63, 3.8) is 0 Å². The standard InChI is InChI=1S/C17H24N2O2/c20-17(18-6-7-19-8-10-21-11-9-19)13-14-4-5-15-2-1-3-16(15)12-14/h4-5,12H,1-3,6-11,13H2,(H,18,20). The predicted molar refractivity (Wildman–Crippen MR) is 82.4 cm³/mol. The maximum atomic E-state index is 12.0. The number of morpholine rings is 1. The average Bonchev–Trinajstić information content (AvgIpc) is 2.96. The van der Waals surface area contributed by atoms with Crippen molar-refractivity contribution < 1.29 is 9.53 Å². The molecule has 1 N–H and O–H groups in total. The fourth-order valence-electron chi connectivity index (χ4n) is 3.16. The molecular weight excluding hydrogens is 264 g/mol. The fraction of sp³-hybridized carbons (Fsp3) is 0.588. The number of ether oxygens (including phenoxy) is 1. The van der Waals surface area contributed by atoms with Gasteiger partial charge in [-0.25, -0.2) is 0 Å². The molecule has 1 saturated heterocycles. The summed E-state index contributed by atoms with van der Waals surface area (Å²) in [6, 6.07) is 6.51. The first-order chi connectivity index (χ1) is 10.3. The van der Waals surface area contributed by atoms with Crippen LogP contribution >= 0.6 is 0 Å². The van der Waals surface area contributed by atoms with Gasteiger partial charge in [0.15, 0.2) is 0 Å². The van der Waals surface area contributed by atoms with Crippen LogP contribution in [0.5, 0.6) is 0 Å². The molecule has 1 fully saturated rings. The summed E-state index contributed by atoms with van der Waals surface area (Å²) >= 11 is 0. The lowest BCUT2D eigenvalue weighted by Gasteiger charge is -2.26. The van der Waals surface area contributed by atoms with Gasteiger partial charge in [0, 0.05) is 26.2 Å². The van der Waals surface area contributed by atoms with Crippen LogP contribution in [0.4, 0.5) is 0 Å². The van der Waals surface area contributed by atoms with E-state index in [1.807, 2.05) is 0 Å². The largest absolute Gasteiger partial charge is 0.379 e. The van der Waals surface area contributed by atoms with Crippen molar-refractivity contribution in [2.75, 3.05) is 39.4 Å². The zero-order chi connectivity index (χ0) is 14.5. The SMILES string of the molecule is O=C(Cc1ccc2c(c1)CCC2)NCCN1CCOCC1. The Kier molecular flexibility index (Phi) is 4.88. The zero-order valence-corrected chi connectivity index (χ0v) is 12.6. The van der Waals surface area contributed by atoms with E-state index < -0.39 is 0 Å². The van der Waals surface area contributed by atoms with Gasteiger partial charge < -0.3 is 10.1 Å². The van der Waals surface area contributed by atoms with Gasteiger partial charge in [-0.15, -0.1) is 0 Å². The summed E-state index contributed by atoms with van der Waals surface area (Å²) in [5, 5.41) is 3.02. The van der Waals surface area contributed by atoms with E-state index in [9.17, 15) is 4.79 Å². The Labute approximate surface area is 126 Å². The molecule has 0 radical (unpaired) electrons. The van der Waals surface area contributed by atoms with Crippen LogP contribution in [0.25, 0.3) is 0 Å². The van der Waals surface area contributed by atoms with Gasteiger partial charge >= 0.3 is 0 Å². The number of nitrogens with zero attached hydrogens (tertiary/aromatic N) is 1. The highest BCUT2D eigenvalue weighted by atomic mass is 16.5. The van der Waals surface area contributed by atoms with Crippen molar-refractivity contribution >= 4 is 5.91 Å². The molecule has 114 valence electrons. The Balaban J connectivity index is 1.41. The van der Waals surface area contributed by atoms with Gasteiger partial charge in [-0.3, -0.25) is 9.69 Å². The molecule has 1 heterocycles. The molecule has 1 aromatic rings. The Hall–Kier alpha value is -1.39. The summed E-state index contributed by atoms with van der Waals surface area (Å²) in [4.78, 5) is 14.3. The first-order valence-corrected chi connectivity index (χ1v) is 7.99. The molecule has 1 amide bonds. The third-order valence-electron chi connectivity index (χ3n) is 4.38. The summed E-state index contributed by atoms with van der Waals surface area (Å²) in [6.45, 7) is 5.20.